The average molecular weight is 402 g/mol. The number of hydrogen-bond donors (Lipinski definition) is 0. The van der Waals surface area contributed by atoms with E-state index in [0.717, 1.165) is 17.5 Å². The monoisotopic (exact) mass is 401 g/mol. The minimum absolute atomic E-state index is 0.0957. The number of thioether (sulfide) groups is 1. The van der Waals surface area contributed by atoms with Gasteiger partial charge in [-0.05, 0) is 36.1 Å². The second kappa shape index (κ2) is 9.73. The van der Waals surface area contributed by atoms with Crippen molar-refractivity contribution in [1.82, 2.24) is 4.90 Å². The quantitative estimate of drug-likeness (QED) is 0.647. The molecule has 1 amide bonds. The van der Waals surface area contributed by atoms with Gasteiger partial charge in [0.15, 0.2) is 0 Å². The van der Waals surface area contributed by atoms with Crippen molar-refractivity contribution < 1.29 is 18.7 Å². The first-order chi connectivity index (χ1) is 13.6. The highest BCUT2D eigenvalue weighted by Gasteiger charge is 2.42. The van der Waals surface area contributed by atoms with Crippen molar-refractivity contribution in [2.45, 2.75) is 37.6 Å². The topological polar surface area (TPSA) is 46.6 Å². The maximum atomic E-state index is 13.3. The molecule has 0 aliphatic carbocycles. The molecule has 0 N–H and O–H groups in total. The Morgan fingerprint density at radius 1 is 1.14 bits per heavy atom. The number of nitrogens with zero attached hydrogens (tertiary/aromatic N) is 1. The second-order valence-corrected chi connectivity index (χ2v) is 7.82. The van der Waals surface area contributed by atoms with Crippen LogP contribution in [0, 0.1) is 5.82 Å². The number of aryl methyl sites for hydroxylation is 1. The smallest absolute Gasteiger partial charge is 0.329 e. The van der Waals surface area contributed by atoms with Crippen LogP contribution in [0.3, 0.4) is 0 Å². The molecule has 1 heterocycles. The van der Waals surface area contributed by atoms with Crippen LogP contribution in [0.4, 0.5) is 4.39 Å². The third-order valence-electron chi connectivity index (χ3n) is 4.63. The summed E-state index contributed by atoms with van der Waals surface area (Å²) < 4.78 is 18.6. The molecule has 0 radical (unpaired) electrons. The number of hydrogen-bond acceptors (Lipinski definition) is 4. The third kappa shape index (κ3) is 4.93. The first-order valence-electron chi connectivity index (χ1n) is 9.49. The summed E-state index contributed by atoms with van der Waals surface area (Å²) >= 11 is 1.51. The fourth-order valence-corrected chi connectivity index (χ4v) is 4.64. The predicted molar refractivity (Wildman–Crippen MR) is 108 cm³/mol. The fraction of sp³-hybridized carbons (Fsp3) is 0.364. The maximum absolute atomic E-state index is 13.3. The molecule has 4 nitrogen and oxygen atoms in total. The Bertz CT molecular complexity index is 797. The highest BCUT2D eigenvalue weighted by atomic mass is 32.2. The van der Waals surface area contributed by atoms with E-state index in [1.165, 1.54) is 23.9 Å². The van der Waals surface area contributed by atoms with E-state index in [9.17, 15) is 14.0 Å². The molecule has 148 valence electrons. The van der Waals surface area contributed by atoms with E-state index < -0.39 is 6.04 Å². The lowest BCUT2D eigenvalue weighted by Gasteiger charge is -2.28. The maximum Gasteiger partial charge on any atom is 0.329 e. The normalized spacial score (nSPS) is 18.9. The SMILES string of the molecule is CCCOC(=O)C1CSC(c2ccc(F)cc2)N1C(=O)CCc1ccccc1. The molecule has 1 aliphatic rings. The Labute approximate surface area is 169 Å². The summed E-state index contributed by atoms with van der Waals surface area (Å²) in [6.45, 7) is 2.27. The summed E-state index contributed by atoms with van der Waals surface area (Å²) in [6, 6.07) is 15.3. The summed E-state index contributed by atoms with van der Waals surface area (Å²) in [6.07, 6.45) is 1.64. The molecule has 2 aromatic carbocycles. The van der Waals surface area contributed by atoms with E-state index in [1.807, 2.05) is 37.3 Å². The van der Waals surface area contributed by atoms with Gasteiger partial charge in [-0.1, -0.05) is 49.4 Å². The minimum Gasteiger partial charge on any atom is -0.464 e. The minimum atomic E-state index is -0.616. The zero-order chi connectivity index (χ0) is 19.9. The number of carbonyl (C=O) groups is 2. The molecule has 0 bridgehead atoms. The van der Waals surface area contributed by atoms with E-state index in [1.54, 1.807) is 17.0 Å². The van der Waals surface area contributed by atoms with Crippen molar-refractivity contribution in [2.24, 2.45) is 0 Å². The van der Waals surface area contributed by atoms with E-state index in [0.29, 0.717) is 25.2 Å². The van der Waals surface area contributed by atoms with Gasteiger partial charge in [0.05, 0.1) is 6.61 Å². The van der Waals surface area contributed by atoms with E-state index >= 15 is 0 Å². The molecule has 2 unspecified atom stereocenters. The lowest BCUT2D eigenvalue weighted by molar-refractivity contribution is -0.154. The van der Waals surface area contributed by atoms with Crippen molar-refractivity contribution >= 4 is 23.6 Å². The molecule has 0 spiro atoms. The van der Waals surface area contributed by atoms with Gasteiger partial charge < -0.3 is 9.64 Å². The van der Waals surface area contributed by atoms with Crippen LogP contribution in [0.2, 0.25) is 0 Å². The lowest BCUT2D eigenvalue weighted by Crippen LogP contribution is -2.44. The van der Waals surface area contributed by atoms with Crippen molar-refractivity contribution in [2.75, 3.05) is 12.4 Å². The molecule has 1 saturated heterocycles. The van der Waals surface area contributed by atoms with E-state index in [2.05, 4.69) is 0 Å². The summed E-state index contributed by atoms with van der Waals surface area (Å²) in [7, 11) is 0. The van der Waals surface area contributed by atoms with Gasteiger partial charge >= 0.3 is 5.97 Å². The molecular weight excluding hydrogens is 377 g/mol. The van der Waals surface area contributed by atoms with Gasteiger partial charge in [0.1, 0.15) is 17.2 Å². The van der Waals surface area contributed by atoms with Gasteiger partial charge in [0.25, 0.3) is 0 Å². The van der Waals surface area contributed by atoms with Crippen molar-refractivity contribution in [3.8, 4) is 0 Å². The molecule has 28 heavy (non-hydrogen) atoms. The molecule has 1 aliphatic heterocycles. The molecule has 0 aromatic heterocycles. The Hall–Kier alpha value is -2.34. The lowest BCUT2D eigenvalue weighted by atomic mass is 10.1. The molecule has 3 rings (SSSR count). The first-order valence-corrected chi connectivity index (χ1v) is 10.5. The zero-order valence-corrected chi connectivity index (χ0v) is 16.7. The van der Waals surface area contributed by atoms with Crippen LogP contribution < -0.4 is 0 Å². The molecule has 0 saturated carbocycles. The number of halogens is 1. The van der Waals surface area contributed by atoms with Crippen molar-refractivity contribution in [3.05, 3.63) is 71.5 Å². The molecular formula is C22H24FNO3S. The third-order valence-corrected chi connectivity index (χ3v) is 5.96. The summed E-state index contributed by atoms with van der Waals surface area (Å²) in [4.78, 5) is 27.2. The standard InChI is InChI=1S/C22H24FNO3S/c1-2-14-27-22(26)19-15-28-21(17-9-11-18(23)12-10-17)24(19)20(25)13-8-16-6-4-3-5-7-16/h3-7,9-12,19,21H,2,8,13-15H2,1H3. The molecule has 6 heteroatoms. The van der Waals surface area contributed by atoms with Crippen LogP contribution >= 0.6 is 11.8 Å². The number of carbonyl (C=O) groups excluding carboxylic acids is 2. The zero-order valence-electron chi connectivity index (χ0n) is 15.8. The highest BCUT2D eigenvalue weighted by molar-refractivity contribution is 7.99. The van der Waals surface area contributed by atoms with Gasteiger partial charge in [-0.3, -0.25) is 4.79 Å². The second-order valence-electron chi connectivity index (χ2n) is 6.71. The summed E-state index contributed by atoms with van der Waals surface area (Å²) in [5, 5.41) is -0.317. The number of amides is 1. The first kappa shape index (κ1) is 20.4. The molecule has 2 atom stereocenters. The Morgan fingerprint density at radius 3 is 2.54 bits per heavy atom. The Balaban J connectivity index is 1.78. The molecule has 1 fully saturated rings. The van der Waals surface area contributed by atoms with Crippen molar-refractivity contribution in [1.29, 1.82) is 0 Å². The van der Waals surface area contributed by atoms with E-state index in [4.69, 9.17) is 4.74 Å². The number of esters is 1. The number of benzene rings is 2. The summed E-state index contributed by atoms with van der Waals surface area (Å²) in [5.74, 6) is -0.317. The average Bonchev–Trinajstić information content (AvgIpc) is 3.17. The van der Waals surface area contributed by atoms with Crippen molar-refractivity contribution in [3.63, 3.8) is 0 Å². The van der Waals surface area contributed by atoms with Gasteiger partial charge in [0, 0.05) is 12.2 Å². The van der Waals surface area contributed by atoms with Gasteiger partial charge in [-0.15, -0.1) is 11.8 Å². The van der Waals surface area contributed by atoms with Crippen LogP contribution in [-0.4, -0.2) is 35.2 Å². The van der Waals surface area contributed by atoms with E-state index in [-0.39, 0.29) is 23.1 Å². The van der Waals surface area contributed by atoms with Crippen LogP contribution in [0.5, 0.6) is 0 Å². The van der Waals surface area contributed by atoms with Gasteiger partial charge in [-0.25, -0.2) is 9.18 Å². The fourth-order valence-electron chi connectivity index (χ4n) is 3.20. The predicted octanol–water partition coefficient (Wildman–Crippen LogP) is 4.35. The Kier molecular flexibility index (Phi) is 7.09. The summed E-state index contributed by atoms with van der Waals surface area (Å²) in [5.41, 5.74) is 1.89. The number of rotatable bonds is 7. The highest BCUT2D eigenvalue weighted by Crippen LogP contribution is 2.42. The van der Waals surface area contributed by atoms with Crippen LogP contribution in [-0.2, 0) is 20.7 Å². The number of ether oxygens (including phenoxy) is 1. The van der Waals surface area contributed by atoms with Crippen LogP contribution in [0.1, 0.15) is 36.3 Å². The van der Waals surface area contributed by atoms with Gasteiger partial charge in [0.2, 0.25) is 5.91 Å². The molecule has 2 aromatic rings. The van der Waals surface area contributed by atoms with Gasteiger partial charge in [-0.2, -0.15) is 0 Å². The van der Waals surface area contributed by atoms with Crippen LogP contribution in [0.15, 0.2) is 54.6 Å². The largest absolute Gasteiger partial charge is 0.464 e. The van der Waals surface area contributed by atoms with Crippen LogP contribution in [0.25, 0.3) is 0 Å². The Morgan fingerprint density at radius 2 is 1.86 bits per heavy atom.